The molecule has 0 saturated heterocycles. The van der Waals surface area contributed by atoms with Gasteiger partial charge in [0.05, 0.1) is 0 Å². The maximum Gasteiger partial charge on any atom is 0.119 e. The van der Waals surface area contributed by atoms with Gasteiger partial charge in [0.1, 0.15) is 11.9 Å². The highest BCUT2D eigenvalue weighted by molar-refractivity contribution is 5.29. The molecule has 2 N–H and O–H groups in total. The van der Waals surface area contributed by atoms with Crippen molar-refractivity contribution in [1.82, 2.24) is 0 Å². The van der Waals surface area contributed by atoms with Crippen LogP contribution in [0.4, 0.5) is 0 Å². The van der Waals surface area contributed by atoms with E-state index in [1.807, 2.05) is 6.92 Å². The molecule has 1 aromatic carbocycles. The molecule has 1 aromatic rings. The summed E-state index contributed by atoms with van der Waals surface area (Å²) in [5.41, 5.74) is 7.05. The van der Waals surface area contributed by atoms with Crippen molar-refractivity contribution in [3.8, 4) is 5.75 Å². The second kappa shape index (κ2) is 6.62. The Bertz CT molecular complexity index is 410. The highest BCUT2D eigenvalue weighted by Gasteiger charge is 2.32. The zero-order valence-corrected chi connectivity index (χ0v) is 13.3. The summed E-state index contributed by atoms with van der Waals surface area (Å²) in [6, 6.07) is 8.37. The average molecular weight is 275 g/mol. The number of nitrogens with two attached hydrogens (primary N) is 1. The first-order valence-electron chi connectivity index (χ1n) is 7.99. The summed E-state index contributed by atoms with van der Waals surface area (Å²) in [5.74, 6) is 3.13. The van der Waals surface area contributed by atoms with Crippen LogP contribution in [0.25, 0.3) is 0 Å². The smallest absolute Gasteiger partial charge is 0.119 e. The minimum atomic E-state index is 0.0853. The molecule has 0 heterocycles. The van der Waals surface area contributed by atoms with Gasteiger partial charge in [-0.1, -0.05) is 39.3 Å². The van der Waals surface area contributed by atoms with Crippen molar-refractivity contribution in [2.24, 2.45) is 23.5 Å². The van der Waals surface area contributed by atoms with Crippen molar-refractivity contribution in [3.05, 3.63) is 29.8 Å². The molecule has 0 bridgehead atoms. The van der Waals surface area contributed by atoms with E-state index in [2.05, 4.69) is 45.0 Å². The first-order chi connectivity index (χ1) is 9.47. The molecule has 1 saturated carbocycles. The zero-order chi connectivity index (χ0) is 14.7. The third-order valence-corrected chi connectivity index (χ3v) is 4.65. The Balaban J connectivity index is 2.05. The number of rotatable bonds is 4. The molecular weight excluding hydrogens is 246 g/mol. The van der Waals surface area contributed by atoms with Crippen molar-refractivity contribution in [2.75, 3.05) is 0 Å². The molecule has 2 rings (SSSR count). The van der Waals surface area contributed by atoms with E-state index in [0.717, 1.165) is 17.2 Å². The first-order valence-corrected chi connectivity index (χ1v) is 7.99. The quantitative estimate of drug-likeness (QED) is 0.875. The Morgan fingerprint density at radius 3 is 2.30 bits per heavy atom. The normalized spacial score (nSPS) is 28.4. The lowest BCUT2D eigenvalue weighted by Crippen LogP contribution is -2.36. The maximum atomic E-state index is 6.29. The number of hydrogen-bond donors (Lipinski definition) is 1. The van der Waals surface area contributed by atoms with Gasteiger partial charge in [-0.05, 0) is 55.2 Å². The number of hydrogen-bond acceptors (Lipinski definition) is 2. The Kier molecular flexibility index (Phi) is 5.09. The molecule has 1 aliphatic rings. The van der Waals surface area contributed by atoms with Gasteiger partial charge in [0, 0.05) is 6.04 Å². The second-order valence-electron chi connectivity index (χ2n) is 6.84. The van der Waals surface area contributed by atoms with Gasteiger partial charge >= 0.3 is 0 Å². The molecule has 0 amide bonds. The summed E-state index contributed by atoms with van der Waals surface area (Å²) in [6.45, 7) is 8.98. The topological polar surface area (TPSA) is 35.2 Å². The van der Waals surface area contributed by atoms with E-state index in [1.165, 1.54) is 19.3 Å². The van der Waals surface area contributed by atoms with Gasteiger partial charge in [0.2, 0.25) is 0 Å². The fourth-order valence-corrected chi connectivity index (χ4v) is 3.27. The van der Waals surface area contributed by atoms with Crippen LogP contribution in [0.15, 0.2) is 24.3 Å². The molecule has 3 unspecified atom stereocenters. The molecule has 1 fully saturated rings. The largest absolute Gasteiger partial charge is 0.490 e. The van der Waals surface area contributed by atoms with Crippen LogP contribution in [-0.2, 0) is 0 Å². The lowest BCUT2D eigenvalue weighted by molar-refractivity contribution is 0.0460. The van der Waals surface area contributed by atoms with E-state index in [1.54, 1.807) is 0 Å². The van der Waals surface area contributed by atoms with Gasteiger partial charge in [-0.3, -0.25) is 0 Å². The van der Waals surface area contributed by atoms with E-state index in [4.69, 9.17) is 10.5 Å². The fraction of sp³-hybridized carbons (Fsp3) is 0.667. The lowest BCUT2D eigenvalue weighted by Gasteiger charge is -2.37. The van der Waals surface area contributed by atoms with Gasteiger partial charge in [-0.15, -0.1) is 0 Å². The zero-order valence-electron chi connectivity index (χ0n) is 13.3. The van der Waals surface area contributed by atoms with Crippen LogP contribution in [0.2, 0.25) is 0 Å². The third-order valence-electron chi connectivity index (χ3n) is 4.65. The predicted molar refractivity (Wildman–Crippen MR) is 84.8 cm³/mol. The predicted octanol–water partition coefficient (Wildman–Crippen LogP) is 4.55. The molecule has 2 heteroatoms. The Labute approximate surface area is 123 Å². The molecule has 0 spiro atoms. The molecule has 1 aliphatic carbocycles. The van der Waals surface area contributed by atoms with Gasteiger partial charge in [-0.25, -0.2) is 0 Å². The Hall–Kier alpha value is -1.02. The summed E-state index contributed by atoms with van der Waals surface area (Å²) in [4.78, 5) is 0. The fourth-order valence-electron chi connectivity index (χ4n) is 3.27. The Morgan fingerprint density at radius 1 is 1.10 bits per heavy atom. The summed E-state index contributed by atoms with van der Waals surface area (Å²) in [6.07, 6.45) is 4.17. The average Bonchev–Trinajstić information content (AvgIpc) is 2.39. The number of benzene rings is 1. The Morgan fingerprint density at radius 2 is 1.75 bits per heavy atom. The third kappa shape index (κ3) is 3.76. The van der Waals surface area contributed by atoms with Gasteiger partial charge in [0.25, 0.3) is 0 Å². The molecule has 0 aliphatic heterocycles. The van der Waals surface area contributed by atoms with Gasteiger partial charge in [-0.2, -0.15) is 0 Å². The molecule has 0 aromatic heterocycles. The van der Waals surface area contributed by atoms with Crippen molar-refractivity contribution < 1.29 is 4.74 Å². The minimum Gasteiger partial charge on any atom is -0.490 e. The lowest BCUT2D eigenvalue weighted by atomic mass is 9.75. The van der Waals surface area contributed by atoms with Crippen molar-refractivity contribution in [1.29, 1.82) is 0 Å². The maximum absolute atomic E-state index is 6.29. The van der Waals surface area contributed by atoms with E-state index >= 15 is 0 Å². The summed E-state index contributed by atoms with van der Waals surface area (Å²) < 4.78 is 6.29. The van der Waals surface area contributed by atoms with Gasteiger partial charge < -0.3 is 10.5 Å². The summed E-state index contributed by atoms with van der Waals surface area (Å²) in [7, 11) is 0. The first kappa shape index (κ1) is 15.4. The molecular formula is C18H29NO. The standard InChI is InChI=1S/C18H29NO/c1-12(2)17-10-5-13(3)11-18(17)20-16-8-6-15(7-9-16)14(4)19/h6-9,12-14,17-18H,5,10-11,19H2,1-4H3/t13?,14-,17?,18?/m1/s1. The molecule has 2 nitrogen and oxygen atoms in total. The summed E-state index contributed by atoms with van der Waals surface area (Å²) >= 11 is 0. The van der Waals surface area contributed by atoms with Crippen LogP contribution in [-0.4, -0.2) is 6.10 Å². The van der Waals surface area contributed by atoms with E-state index in [0.29, 0.717) is 17.9 Å². The number of ether oxygens (including phenoxy) is 1. The molecule has 20 heavy (non-hydrogen) atoms. The second-order valence-corrected chi connectivity index (χ2v) is 6.84. The van der Waals surface area contributed by atoms with Crippen LogP contribution in [0.5, 0.6) is 5.75 Å². The van der Waals surface area contributed by atoms with Crippen molar-refractivity contribution >= 4 is 0 Å². The monoisotopic (exact) mass is 275 g/mol. The van der Waals surface area contributed by atoms with Crippen LogP contribution < -0.4 is 10.5 Å². The molecule has 4 atom stereocenters. The van der Waals surface area contributed by atoms with E-state index in [-0.39, 0.29) is 6.04 Å². The molecule has 112 valence electrons. The van der Waals surface area contributed by atoms with Crippen molar-refractivity contribution in [2.45, 2.75) is 59.1 Å². The highest BCUT2D eigenvalue weighted by atomic mass is 16.5. The van der Waals surface area contributed by atoms with Crippen LogP contribution in [0, 0.1) is 17.8 Å². The highest BCUT2D eigenvalue weighted by Crippen LogP contribution is 2.36. The van der Waals surface area contributed by atoms with Crippen LogP contribution in [0.1, 0.15) is 58.6 Å². The van der Waals surface area contributed by atoms with E-state index in [9.17, 15) is 0 Å². The minimum absolute atomic E-state index is 0.0853. The molecule has 0 radical (unpaired) electrons. The van der Waals surface area contributed by atoms with Crippen LogP contribution >= 0.6 is 0 Å². The van der Waals surface area contributed by atoms with Crippen molar-refractivity contribution in [3.63, 3.8) is 0 Å². The van der Waals surface area contributed by atoms with Gasteiger partial charge in [0.15, 0.2) is 0 Å². The van der Waals surface area contributed by atoms with E-state index < -0.39 is 0 Å². The summed E-state index contributed by atoms with van der Waals surface area (Å²) in [5, 5.41) is 0. The van der Waals surface area contributed by atoms with Crippen LogP contribution in [0.3, 0.4) is 0 Å². The SMILES string of the molecule is CC1CCC(C(C)C)C(Oc2ccc([C@@H](C)N)cc2)C1.